The molecular weight excluding hydrogens is 260 g/mol. The van der Waals surface area contributed by atoms with Gasteiger partial charge >= 0.3 is 0 Å². The number of rotatable bonds is 5. The van der Waals surface area contributed by atoms with Crippen molar-refractivity contribution in [1.29, 1.82) is 0 Å². The van der Waals surface area contributed by atoms with Gasteiger partial charge in [-0.1, -0.05) is 25.1 Å². The monoisotopic (exact) mass is 280 g/mol. The molecule has 0 atom stereocenters. The quantitative estimate of drug-likeness (QED) is 0.787. The zero-order valence-electron chi connectivity index (χ0n) is 11.2. The lowest BCUT2D eigenvalue weighted by atomic mass is 9.85. The van der Waals surface area contributed by atoms with Gasteiger partial charge in [-0.2, -0.15) is 5.10 Å². The van der Waals surface area contributed by atoms with E-state index in [0.717, 1.165) is 37.8 Å². The third-order valence-electron chi connectivity index (χ3n) is 3.95. The highest BCUT2D eigenvalue weighted by atomic mass is 32.1. The predicted molar refractivity (Wildman–Crippen MR) is 77.6 cm³/mol. The molecule has 6 heteroatoms. The lowest BCUT2D eigenvalue weighted by Gasteiger charge is -2.26. The number of carbonyl (C=O) groups excluding carboxylic acids is 1. The number of thiocarbonyl (C=S) groups is 1. The number of aromatic nitrogens is 2. The first kappa shape index (κ1) is 14.0. The van der Waals surface area contributed by atoms with Gasteiger partial charge in [0.2, 0.25) is 5.91 Å². The number of hydrogen-bond donors (Lipinski definition) is 2. The molecule has 1 aliphatic rings. The molecule has 0 aliphatic heterocycles. The summed E-state index contributed by atoms with van der Waals surface area (Å²) < 4.78 is 1.81. The Bertz CT molecular complexity index is 477. The summed E-state index contributed by atoms with van der Waals surface area (Å²) in [4.78, 5) is 12.7. The summed E-state index contributed by atoms with van der Waals surface area (Å²) in [6.07, 6.45) is 6.11. The first-order chi connectivity index (χ1) is 9.06. The van der Waals surface area contributed by atoms with Gasteiger partial charge in [0.15, 0.2) is 0 Å². The highest BCUT2D eigenvalue weighted by Gasteiger charge is 2.43. The molecule has 0 unspecified atom stereocenters. The molecule has 1 aliphatic carbocycles. The summed E-state index contributed by atoms with van der Waals surface area (Å²) in [7, 11) is 1.89. The Hall–Kier alpha value is -1.43. The van der Waals surface area contributed by atoms with Crippen LogP contribution in [0.3, 0.4) is 0 Å². The van der Waals surface area contributed by atoms with Crippen molar-refractivity contribution >= 4 is 23.1 Å². The van der Waals surface area contributed by atoms with E-state index >= 15 is 0 Å². The second-order valence-corrected chi connectivity index (χ2v) is 5.55. The number of nitrogens with one attached hydrogen (secondary N) is 1. The van der Waals surface area contributed by atoms with Crippen molar-refractivity contribution in [1.82, 2.24) is 15.1 Å². The summed E-state index contributed by atoms with van der Waals surface area (Å²) in [6, 6.07) is 1.95. The summed E-state index contributed by atoms with van der Waals surface area (Å²) in [6.45, 7) is 0.586. The molecular formula is C13H20N4OS. The first-order valence-electron chi connectivity index (χ1n) is 6.61. The smallest absolute Gasteiger partial charge is 0.233 e. The van der Waals surface area contributed by atoms with Gasteiger partial charge in [0.05, 0.1) is 10.4 Å². The van der Waals surface area contributed by atoms with Crippen molar-refractivity contribution in [2.45, 2.75) is 32.1 Å². The van der Waals surface area contributed by atoms with Crippen molar-refractivity contribution < 1.29 is 4.79 Å². The molecule has 104 valence electrons. The van der Waals surface area contributed by atoms with E-state index in [4.69, 9.17) is 18.0 Å². The fourth-order valence-electron chi connectivity index (χ4n) is 2.68. The molecule has 0 aromatic carbocycles. The van der Waals surface area contributed by atoms with Gasteiger partial charge in [0.1, 0.15) is 0 Å². The molecule has 1 saturated carbocycles. The number of aryl methyl sites for hydroxylation is 1. The summed E-state index contributed by atoms with van der Waals surface area (Å²) in [5, 5.41) is 7.06. The predicted octanol–water partition coefficient (Wildman–Crippen LogP) is 0.925. The highest BCUT2D eigenvalue weighted by molar-refractivity contribution is 7.80. The number of hydrogen-bond acceptors (Lipinski definition) is 3. The minimum Gasteiger partial charge on any atom is -0.392 e. The second kappa shape index (κ2) is 5.69. The molecule has 0 saturated heterocycles. The van der Waals surface area contributed by atoms with Crippen LogP contribution in [-0.2, 0) is 18.3 Å². The molecule has 0 spiro atoms. The highest BCUT2D eigenvalue weighted by Crippen LogP contribution is 2.38. The molecule has 2 rings (SSSR count). The maximum Gasteiger partial charge on any atom is 0.233 e. The van der Waals surface area contributed by atoms with Crippen molar-refractivity contribution in [2.75, 3.05) is 6.54 Å². The Morgan fingerprint density at radius 3 is 2.79 bits per heavy atom. The van der Waals surface area contributed by atoms with Gasteiger partial charge in [-0.25, -0.2) is 0 Å². The van der Waals surface area contributed by atoms with Crippen molar-refractivity contribution in [3.63, 3.8) is 0 Å². The molecule has 1 aromatic rings. The zero-order chi connectivity index (χ0) is 13.9. The fraction of sp³-hybridized carbons (Fsp3) is 0.615. The number of nitrogens with zero attached hydrogens (tertiary/aromatic N) is 2. The minimum atomic E-state index is -0.609. The molecule has 0 radical (unpaired) electrons. The maximum atomic E-state index is 12.3. The van der Waals surface area contributed by atoms with Crippen LogP contribution in [0, 0.1) is 5.41 Å². The second-order valence-electron chi connectivity index (χ2n) is 5.11. The number of amides is 1. The summed E-state index contributed by atoms with van der Waals surface area (Å²) in [5.74, 6) is -0.0142. The summed E-state index contributed by atoms with van der Waals surface area (Å²) >= 11 is 5.10. The van der Waals surface area contributed by atoms with E-state index in [2.05, 4.69) is 10.4 Å². The zero-order valence-corrected chi connectivity index (χ0v) is 12.0. The van der Waals surface area contributed by atoms with Gasteiger partial charge in [-0.15, -0.1) is 0 Å². The molecule has 1 fully saturated rings. The molecule has 19 heavy (non-hydrogen) atoms. The van der Waals surface area contributed by atoms with E-state index in [1.54, 1.807) is 6.20 Å². The van der Waals surface area contributed by atoms with E-state index in [-0.39, 0.29) is 5.91 Å². The normalized spacial score (nSPS) is 17.3. The Kier molecular flexibility index (Phi) is 4.19. The molecule has 1 heterocycles. The van der Waals surface area contributed by atoms with E-state index in [9.17, 15) is 4.79 Å². The standard InChI is InChI=1S/C13H20N4OS/c1-17-10(5-9-16-17)4-8-15-12(18)13(11(14)19)6-2-3-7-13/h5,9H,2-4,6-8H2,1H3,(H2,14,19)(H,15,18). The van der Waals surface area contributed by atoms with Crippen molar-refractivity contribution in [3.8, 4) is 0 Å². The van der Waals surface area contributed by atoms with Gasteiger partial charge < -0.3 is 11.1 Å². The van der Waals surface area contributed by atoms with Crippen LogP contribution in [0.2, 0.25) is 0 Å². The van der Waals surface area contributed by atoms with E-state index in [1.165, 1.54) is 0 Å². The lowest BCUT2D eigenvalue weighted by molar-refractivity contribution is -0.127. The average molecular weight is 280 g/mol. The largest absolute Gasteiger partial charge is 0.392 e. The molecule has 3 N–H and O–H groups in total. The van der Waals surface area contributed by atoms with E-state index in [1.807, 2.05) is 17.8 Å². The van der Waals surface area contributed by atoms with Crippen LogP contribution in [0.4, 0.5) is 0 Å². The first-order valence-corrected chi connectivity index (χ1v) is 7.02. The number of carbonyl (C=O) groups is 1. The van der Waals surface area contributed by atoms with Crippen LogP contribution < -0.4 is 11.1 Å². The van der Waals surface area contributed by atoms with Gasteiger partial charge in [-0.3, -0.25) is 9.48 Å². The minimum absolute atomic E-state index is 0.0142. The average Bonchev–Trinajstić information content (AvgIpc) is 2.99. The Morgan fingerprint density at radius 1 is 1.58 bits per heavy atom. The van der Waals surface area contributed by atoms with Gasteiger partial charge in [0, 0.05) is 31.9 Å². The van der Waals surface area contributed by atoms with Crippen LogP contribution in [-0.4, -0.2) is 27.2 Å². The molecule has 5 nitrogen and oxygen atoms in total. The van der Waals surface area contributed by atoms with Crippen LogP contribution in [0.5, 0.6) is 0 Å². The van der Waals surface area contributed by atoms with Gasteiger partial charge in [0.25, 0.3) is 0 Å². The lowest BCUT2D eigenvalue weighted by Crippen LogP contribution is -2.47. The molecule has 0 bridgehead atoms. The van der Waals surface area contributed by atoms with Crippen molar-refractivity contribution in [2.24, 2.45) is 18.2 Å². The molecule has 1 aromatic heterocycles. The third-order valence-corrected chi connectivity index (χ3v) is 4.34. The Morgan fingerprint density at radius 2 is 2.26 bits per heavy atom. The molecule has 1 amide bonds. The van der Waals surface area contributed by atoms with Crippen molar-refractivity contribution in [3.05, 3.63) is 18.0 Å². The van der Waals surface area contributed by atoms with Crippen LogP contribution in [0.15, 0.2) is 12.3 Å². The maximum absolute atomic E-state index is 12.3. The summed E-state index contributed by atoms with van der Waals surface area (Å²) in [5.41, 5.74) is 6.26. The SMILES string of the molecule is Cn1nccc1CCNC(=O)C1(C(N)=S)CCCC1. The Balaban J connectivity index is 1.90. The van der Waals surface area contributed by atoms with E-state index in [0.29, 0.717) is 11.5 Å². The third kappa shape index (κ3) is 2.78. The topological polar surface area (TPSA) is 72.9 Å². The van der Waals surface area contributed by atoms with Crippen LogP contribution in [0.25, 0.3) is 0 Å². The van der Waals surface area contributed by atoms with Crippen LogP contribution >= 0.6 is 12.2 Å². The van der Waals surface area contributed by atoms with Gasteiger partial charge in [-0.05, 0) is 18.9 Å². The van der Waals surface area contributed by atoms with E-state index < -0.39 is 5.41 Å². The van der Waals surface area contributed by atoms with Crippen LogP contribution in [0.1, 0.15) is 31.4 Å². The number of nitrogens with two attached hydrogens (primary N) is 1. The Labute approximate surface area is 118 Å². The fourth-order valence-corrected chi connectivity index (χ4v) is 2.98.